The highest BCUT2D eigenvalue weighted by molar-refractivity contribution is 9.10. The van der Waals surface area contributed by atoms with Crippen molar-refractivity contribution in [2.45, 2.75) is 6.43 Å². The van der Waals surface area contributed by atoms with Crippen LogP contribution in [0.4, 0.5) is 14.5 Å². The van der Waals surface area contributed by atoms with Crippen LogP contribution in [0.1, 0.15) is 12.0 Å². The smallest absolute Gasteiger partial charge is 0.266 e. The number of hydrogen-bond donors (Lipinski definition) is 1. The molecule has 0 atom stereocenters. The monoisotopic (exact) mass is 222 g/mol. The number of halogens is 3. The standard InChI is InChI=1S/C6H5BrF2N2/c7-5-4(6(8)9)1-3(10)2-11-5/h1-2,6H,10H2. The fourth-order valence-electron chi connectivity index (χ4n) is 0.635. The van der Waals surface area contributed by atoms with Crippen LogP contribution in [0.5, 0.6) is 0 Å². The Labute approximate surface area is 70.6 Å². The summed E-state index contributed by atoms with van der Waals surface area (Å²) in [5, 5.41) is 0. The van der Waals surface area contributed by atoms with Crippen LogP contribution in [0, 0.1) is 0 Å². The van der Waals surface area contributed by atoms with Gasteiger partial charge in [0, 0.05) is 0 Å². The van der Waals surface area contributed by atoms with Gasteiger partial charge in [0.2, 0.25) is 0 Å². The molecule has 0 amide bonds. The lowest BCUT2D eigenvalue weighted by molar-refractivity contribution is 0.150. The van der Waals surface area contributed by atoms with Gasteiger partial charge < -0.3 is 5.73 Å². The fraction of sp³-hybridized carbons (Fsp3) is 0.167. The van der Waals surface area contributed by atoms with Gasteiger partial charge in [0.15, 0.2) is 0 Å². The van der Waals surface area contributed by atoms with Gasteiger partial charge >= 0.3 is 0 Å². The average Bonchev–Trinajstić information content (AvgIpc) is 1.94. The van der Waals surface area contributed by atoms with E-state index in [0.717, 1.165) is 0 Å². The predicted octanol–water partition coefficient (Wildman–Crippen LogP) is 2.36. The zero-order valence-electron chi connectivity index (χ0n) is 5.39. The predicted molar refractivity (Wildman–Crippen MR) is 41.3 cm³/mol. The first kappa shape index (κ1) is 8.39. The molecule has 1 aromatic heterocycles. The van der Waals surface area contributed by atoms with Crippen molar-refractivity contribution in [3.05, 3.63) is 22.4 Å². The average molecular weight is 223 g/mol. The second-order valence-corrected chi connectivity index (χ2v) is 2.70. The van der Waals surface area contributed by atoms with Gasteiger partial charge in [-0.3, -0.25) is 0 Å². The van der Waals surface area contributed by atoms with Gasteiger partial charge in [-0.2, -0.15) is 0 Å². The first-order chi connectivity index (χ1) is 5.11. The fourth-order valence-corrected chi connectivity index (χ4v) is 1.03. The Kier molecular flexibility index (Phi) is 2.38. The van der Waals surface area contributed by atoms with E-state index in [1.165, 1.54) is 12.3 Å². The van der Waals surface area contributed by atoms with Gasteiger partial charge in [-0.25, -0.2) is 13.8 Å². The van der Waals surface area contributed by atoms with Crippen molar-refractivity contribution in [2.75, 3.05) is 5.73 Å². The minimum atomic E-state index is -2.54. The third-order valence-corrected chi connectivity index (χ3v) is 1.79. The topological polar surface area (TPSA) is 38.9 Å². The van der Waals surface area contributed by atoms with E-state index in [4.69, 9.17) is 5.73 Å². The molecule has 0 spiro atoms. The van der Waals surface area contributed by atoms with Gasteiger partial charge in [-0.1, -0.05) is 0 Å². The number of aromatic nitrogens is 1. The molecule has 0 bridgehead atoms. The van der Waals surface area contributed by atoms with Crippen molar-refractivity contribution in [1.29, 1.82) is 0 Å². The molecule has 0 fully saturated rings. The Morgan fingerprint density at radius 3 is 2.64 bits per heavy atom. The molecule has 0 saturated carbocycles. The van der Waals surface area contributed by atoms with Crippen LogP contribution in [0.3, 0.4) is 0 Å². The van der Waals surface area contributed by atoms with Crippen LogP contribution in [-0.2, 0) is 0 Å². The molecule has 1 heterocycles. The number of pyridine rings is 1. The van der Waals surface area contributed by atoms with Crippen molar-refractivity contribution in [2.24, 2.45) is 0 Å². The molecule has 0 aliphatic rings. The highest BCUT2D eigenvalue weighted by Crippen LogP contribution is 2.26. The second kappa shape index (κ2) is 3.13. The highest BCUT2D eigenvalue weighted by atomic mass is 79.9. The first-order valence-electron chi connectivity index (χ1n) is 2.80. The molecule has 0 radical (unpaired) electrons. The lowest BCUT2D eigenvalue weighted by Crippen LogP contribution is -1.93. The second-order valence-electron chi connectivity index (χ2n) is 1.95. The summed E-state index contributed by atoms with van der Waals surface area (Å²) in [5.41, 5.74) is 5.31. The van der Waals surface area contributed by atoms with E-state index in [0.29, 0.717) is 0 Å². The number of nitrogens with two attached hydrogens (primary N) is 1. The van der Waals surface area contributed by atoms with Crippen molar-refractivity contribution < 1.29 is 8.78 Å². The van der Waals surface area contributed by atoms with Gasteiger partial charge in [0.1, 0.15) is 4.60 Å². The maximum atomic E-state index is 12.1. The van der Waals surface area contributed by atoms with E-state index >= 15 is 0 Å². The summed E-state index contributed by atoms with van der Waals surface area (Å²) in [6.45, 7) is 0. The third-order valence-electron chi connectivity index (χ3n) is 1.12. The minimum absolute atomic E-state index is 0.140. The van der Waals surface area contributed by atoms with E-state index in [-0.39, 0.29) is 15.9 Å². The van der Waals surface area contributed by atoms with Crippen LogP contribution in [0.25, 0.3) is 0 Å². The largest absolute Gasteiger partial charge is 0.397 e. The molecule has 1 aromatic rings. The first-order valence-corrected chi connectivity index (χ1v) is 3.59. The summed E-state index contributed by atoms with van der Waals surface area (Å²) in [7, 11) is 0. The maximum absolute atomic E-state index is 12.1. The zero-order chi connectivity index (χ0) is 8.43. The van der Waals surface area contributed by atoms with Gasteiger partial charge in [-0.05, 0) is 22.0 Å². The summed E-state index contributed by atoms with van der Waals surface area (Å²) in [5.74, 6) is 0. The van der Waals surface area contributed by atoms with E-state index in [9.17, 15) is 8.78 Å². The Bertz CT molecular complexity index is 265. The summed E-state index contributed by atoms with van der Waals surface area (Å²) < 4.78 is 24.3. The summed E-state index contributed by atoms with van der Waals surface area (Å²) in [6, 6.07) is 1.20. The van der Waals surface area contributed by atoms with E-state index in [1.54, 1.807) is 0 Å². The Balaban J connectivity index is 3.13. The number of hydrogen-bond acceptors (Lipinski definition) is 2. The molecule has 1 rings (SSSR count). The van der Waals surface area contributed by atoms with Gasteiger partial charge in [0.05, 0.1) is 17.4 Å². The van der Waals surface area contributed by atoms with Crippen molar-refractivity contribution in [1.82, 2.24) is 4.98 Å². The molecule has 2 nitrogen and oxygen atoms in total. The SMILES string of the molecule is Nc1cnc(Br)c(C(F)F)c1. The van der Waals surface area contributed by atoms with E-state index < -0.39 is 6.43 Å². The van der Waals surface area contributed by atoms with Gasteiger partial charge in [0.25, 0.3) is 6.43 Å². The van der Waals surface area contributed by atoms with Crippen molar-refractivity contribution in [3.8, 4) is 0 Å². The van der Waals surface area contributed by atoms with Crippen LogP contribution in [-0.4, -0.2) is 4.98 Å². The molecule has 2 N–H and O–H groups in total. The van der Waals surface area contributed by atoms with Crippen LogP contribution in [0.15, 0.2) is 16.9 Å². The molecule has 0 aliphatic carbocycles. The molecule has 5 heteroatoms. The Morgan fingerprint density at radius 1 is 1.55 bits per heavy atom. The molecular weight excluding hydrogens is 218 g/mol. The molecule has 0 aliphatic heterocycles. The lowest BCUT2D eigenvalue weighted by atomic mass is 10.3. The molecule has 60 valence electrons. The number of nitrogens with zero attached hydrogens (tertiary/aromatic N) is 1. The summed E-state index contributed by atoms with van der Waals surface area (Å²) in [6.07, 6.45) is -1.23. The maximum Gasteiger partial charge on any atom is 0.266 e. The summed E-state index contributed by atoms with van der Waals surface area (Å²) >= 11 is 2.88. The summed E-state index contributed by atoms with van der Waals surface area (Å²) in [4.78, 5) is 3.61. The normalized spacial score (nSPS) is 10.5. The lowest BCUT2D eigenvalue weighted by Gasteiger charge is -2.01. The zero-order valence-corrected chi connectivity index (χ0v) is 6.98. The Hall–Kier alpha value is -0.710. The van der Waals surface area contributed by atoms with Gasteiger partial charge in [-0.15, -0.1) is 0 Å². The van der Waals surface area contributed by atoms with E-state index in [1.807, 2.05) is 0 Å². The number of anilines is 1. The molecular formula is C6H5BrF2N2. The third kappa shape index (κ3) is 1.86. The Morgan fingerprint density at radius 2 is 2.18 bits per heavy atom. The molecule has 0 saturated heterocycles. The van der Waals surface area contributed by atoms with Crippen molar-refractivity contribution >= 4 is 21.6 Å². The quantitative estimate of drug-likeness (QED) is 0.742. The highest BCUT2D eigenvalue weighted by Gasteiger charge is 2.12. The van der Waals surface area contributed by atoms with Crippen LogP contribution < -0.4 is 5.73 Å². The number of nitrogen functional groups attached to an aromatic ring is 1. The molecule has 0 unspecified atom stereocenters. The number of alkyl halides is 2. The molecule has 0 aromatic carbocycles. The van der Waals surface area contributed by atoms with E-state index in [2.05, 4.69) is 20.9 Å². The van der Waals surface area contributed by atoms with Crippen LogP contribution >= 0.6 is 15.9 Å². The van der Waals surface area contributed by atoms with Crippen molar-refractivity contribution in [3.63, 3.8) is 0 Å². The number of rotatable bonds is 1. The molecule has 11 heavy (non-hydrogen) atoms. The van der Waals surface area contributed by atoms with Crippen LogP contribution in [0.2, 0.25) is 0 Å². The minimum Gasteiger partial charge on any atom is -0.397 e.